The fourth-order valence-corrected chi connectivity index (χ4v) is 5.44. The maximum Gasteiger partial charge on any atom is 0.217 e. The molecule has 2 aliphatic rings. The van der Waals surface area contributed by atoms with Gasteiger partial charge in [-0.15, -0.1) is 0 Å². The number of carbonyl (C=O) groups excluding carboxylic acids is 2. The van der Waals surface area contributed by atoms with Crippen molar-refractivity contribution in [3.63, 3.8) is 0 Å². The van der Waals surface area contributed by atoms with Crippen LogP contribution in [0.3, 0.4) is 0 Å². The zero-order chi connectivity index (χ0) is 32.0. The van der Waals surface area contributed by atoms with Crippen LogP contribution in [0.4, 0.5) is 8.78 Å². The molecule has 5 nitrogen and oxygen atoms in total. The summed E-state index contributed by atoms with van der Waals surface area (Å²) in [6.07, 6.45) is 3.54. The molecule has 4 rings (SSSR count). The van der Waals surface area contributed by atoms with Crippen LogP contribution in [0.25, 0.3) is 0 Å². The van der Waals surface area contributed by atoms with E-state index in [0.29, 0.717) is 36.1 Å². The van der Waals surface area contributed by atoms with Crippen molar-refractivity contribution in [1.82, 2.24) is 15.1 Å². The molecule has 236 valence electrons. The average Bonchev–Trinajstić information content (AvgIpc) is 3.47. The third kappa shape index (κ3) is 11.3. The number of benzene rings is 2. The molecule has 2 saturated heterocycles. The summed E-state index contributed by atoms with van der Waals surface area (Å²) in [6.45, 7) is 21.6. The van der Waals surface area contributed by atoms with E-state index in [4.69, 9.17) is 11.6 Å². The Morgan fingerprint density at radius 1 is 0.952 bits per heavy atom. The Bertz CT molecular complexity index is 1130. The third-order valence-corrected chi connectivity index (χ3v) is 7.84. The van der Waals surface area contributed by atoms with Crippen LogP contribution < -0.4 is 5.32 Å². The smallest absolute Gasteiger partial charge is 0.217 e. The molecular formula is C34H52ClF2N3O2. The molecule has 1 unspecified atom stereocenters. The molecule has 2 fully saturated rings. The summed E-state index contributed by atoms with van der Waals surface area (Å²) in [7, 11) is 0. The molecule has 2 aromatic carbocycles. The Morgan fingerprint density at radius 3 is 2.05 bits per heavy atom. The number of halogens is 3. The molecule has 1 N–H and O–H groups in total. The van der Waals surface area contributed by atoms with Gasteiger partial charge in [-0.3, -0.25) is 14.5 Å². The summed E-state index contributed by atoms with van der Waals surface area (Å²) < 4.78 is 27.7. The summed E-state index contributed by atoms with van der Waals surface area (Å²) >= 11 is 5.77. The van der Waals surface area contributed by atoms with Crippen molar-refractivity contribution in [3.8, 4) is 0 Å². The Kier molecular flexibility index (Phi) is 16.3. The van der Waals surface area contributed by atoms with E-state index in [9.17, 15) is 18.4 Å². The Morgan fingerprint density at radius 2 is 1.55 bits per heavy atom. The second kappa shape index (κ2) is 18.2. The molecule has 0 bridgehead atoms. The summed E-state index contributed by atoms with van der Waals surface area (Å²) in [6, 6.07) is 8.42. The average molecular weight is 608 g/mol. The van der Waals surface area contributed by atoms with E-state index in [1.807, 2.05) is 39.8 Å². The van der Waals surface area contributed by atoms with Crippen LogP contribution in [0.5, 0.6) is 0 Å². The highest BCUT2D eigenvalue weighted by atomic mass is 35.5. The SMILES string of the molecule is CC.CC.CC(=O)NCc1cc(C)c(F)cc1C1CCN(C=O)CC1.CC(C)(C)N1CCC(c2ccc(Cl)cc2F)C1. The molecule has 2 aromatic rings. The Hall–Kier alpha value is -2.51. The second-order valence-electron chi connectivity index (χ2n) is 11.4. The molecule has 0 aromatic heterocycles. The molecule has 0 spiro atoms. The highest BCUT2D eigenvalue weighted by molar-refractivity contribution is 6.30. The number of nitrogens with one attached hydrogen (secondary N) is 1. The molecule has 0 radical (unpaired) electrons. The summed E-state index contributed by atoms with van der Waals surface area (Å²) in [5, 5.41) is 3.25. The van der Waals surface area contributed by atoms with Crippen LogP contribution in [0, 0.1) is 18.6 Å². The number of carbonyl (C=O) groups is 2. The van der Waals surface area contributed by atoms with Crippen molar-refractivity contribution < 1.29 is 18.4 Å². The van der Waals surface area contributed by atoms with Gasteiger partial charge >= 0.3 is 0 Å². The molecule has 8 heteroatoms. The number of aryl methyl sites for hydroxylation is 1. The van der Waals surface area contributed by atoms with Gasteiger partial charge in [0.2, 0.25) is 12.3 Å². The van der Waals surface area contributed by atoms with Gasteiger partial charge in [-0.1, -0.05) is 51.4 Å². The van der Waals surface area contributed by atoms with E-state index >= 15 is 0 Å². The van der Waals surface area contributed by atoms with Crippen LogP contribution in [0.1, 0.15) is 109 Å². The summed E-state index contributed by atoms with van der Waals surface area (Å²) in [5.41, 5.74) is 3.48. The predicted octanol–water partition coefficient (Wildman–Crippen LogP) is 8.23. The number of hydrogen-bond acceptors (Lipinski definition) is 3. The highest BCUT2D eigenvalue weighted by Crippen LogP contribution is 2.34. The lowest BCUT2D eigenvalue weighted by Crippen LogP contribution is -2.39. The molecule has 2 heterocycles. The van der Waals surface area contributed by atoms with Crippen LogP contribution in [0.2, 0.25) is 5.02 Å². The van der Waals surface area contributed by atoms with Gasteiger partial charge in [-0.05, 0) is 99.9 Å². The van der Waals surface area contributed by atoms with Crippen LogP contribution in [-0.2, 0) is 16.1 Å². The quantitative estimate of drug-likeness (QED) is 0.348. The van der Waals surface area contributed by atoms with Crippen molar-refractivity contribution >= 4 is 23.9 Å². The fourth-order valence-electron chi connectivity index (χ4n) is 5.28. The number of likely N-dealkylation sites (tertiary alicyclic amines) is 2. The zero-order valence-corrected chi connectivity index (χ0v) is 27.9. The number of piperidine rings is 1. The van der Waals surface area contributed by atoms with E-state index < -0.39 is 0 Å². The van der Waals surface area contributed by atoms with Gasteiger partial charge < -0.3 is 10.2 Å². The summed E-state index contributed by atoms with van der Waals surface area (Å²) in [5.74, 6) is 0.0536. The van der Waals surface area contributed by atoms with E-state index in [2.05, 4.69) is 31.0 Å². The highest BCUT2D eigenvalue weighted by Gasteiger charge is 2.32. The summed E-state index contributed by atoms with van der Waals surface area (Å²) in [4.78, 5) is 26.0. The lowest BCUT2D eigenvalue weighted by Gasteiger charge is -2.31. The maximum atomic E-state index is 13.9. The minimum atomic E-state index is -0.214. The molecular weight excluding hydrogens is 556 g/mol. The van der Waals surface area contributed by atoms with Gasteiger partial charge in [0, 0.05) is 49.6 Å². The first kappa shape index (κ1) is 37.5. The molecule has 0 aliphatic carbocycles. The lowest BCUT2D eigenvalue weighted by molar-refractivity contribution is -0.120. The standard InChI is InChI=1S/C16H21FN2O2.C14H19ClFN.2C2H6/c1-11-7-14(9-18-12(2)21)15(8-16(11)17)13-3-5-19(10-20)6-4-13;1-14(2,3)17-7-6-10(9-17)12-5-4-11(15)8-13(12)16;2*1-2/h7-8,10,13H,3-6,9H2,1-2H3,(H,18,21);4-5,8,10H,6-7,9H2,1-3H3;2*1-2H3. The van der Waals surface area contributed by atoms with Crippen molar-refractivity contribution in [2.24, 2.45) is 0 Å². The van der Waals surface area contributed by atoms with Gasteiger partial charge in [-0.2, -0.15) is 0 Å². The zero-order valence-electron chi connectivity index (χ0n) is 27.1. The number of amides is 2. The van der Waals surface area contributed by atoms with Gasteiger partial charge in [0.25, 0.3) is 0 Å². The van der Waals surface area contributed by atoms with Gasteiger partial charge in [0.15, 0.2) is 0 Å². The predicted molar refractivity (Wildman–Crippen MR) is 171 cm³/mol. The van der Waals surface area contributed by atoms with E-state index in [-0.39, 0.29) is 29.0 Å². The minimum Gasteiger partial charge on any atom is -0.352 e. The number of rotatable bonds is 5. The second-order valence-corrected chi connectivity index (χ2v) is 11.8. The van der Waals surface area contributed by atoms with Gasteiger partial charge in [0.1, 0.15) is 11.6 Å². The number of hydrogen-bond donors (Lipinski definition) is 1. The molecule has 0 saturated carbocycles. The van der Waals surface area contributed by atoms with Gasteiger partial charge in [-0.25, -0.2) is 8.78 Å². The maximum absolute atomic E-state index is 13.9. The lowest BCUT2D eigenvalue weighted by atomic mass is 9.85. The number of nitrogens with zero attached hydrogens (tertiary/aromatic N) is 2. The topological polar surface area (TPSA) is 52.7 Å². The van der Waals surface area contributed by atoms with E-state index in [1.165, 1.54) is 13.0 Å². The first-order chi connectivity index (χ1) is 19.9. The molecule has 42 heavy (non-hydrogen) atoms. The first-order valence-electron chi connectivity index (χ1n) is 15.3. The van der Waals surface area contributed by atoms with Crippen molar-refractivity contribution in [2.75, 3.05) is 26.2 Å². The van der Waals surface area contributed by atoms with Crippen molar-refractivity contribution in [1.29, 1.82) is 0 Å². The first-order valence-corrected chi connectivity index (χ1v) is 15.7. The fraction of sp³-hybridized carbons (Fsp3) is 0.588. The largest absolute Gasteiger partial charge is 0.352 e. The molecule has 2 amide bonds. The van der Waals surface area contributed by atoms with Crippen LogP contribution >= 0.6 is 11.6 Å². The molecule has 1 atom stereocenters. The Balaban J connectivity index is 0.000000382. The molecule has 2 aliphatic heterocycles. The Labute approximate surface area is 258 Å². The van der Waals surface area contributed by atoms with Crippen molar-refractivity contribution in [2.45, 2.75) is 105 Å². The third-order valence-electron chi connectivity index (χ3n) is 7.61. The van der Waals surface area contributed by atoms with Gasteiger partial charge in [0.05, 0.1) is 0 Å². The normalized spacial score (nSPS) is 17.1. The minimum absolute atomic E-state index is 0.0984. The van der Waals surface area contributed by atoms with Crippen LogP contribution in [-0.4, -0.2) is 53.8 Å². The van der Waals surface area contributed by atoms with E-state index in [0.717, 1.165) is 55.5 Å². The van der Waals surface area contributed by atoms with E-state index in [1.54, 1.807) is 24.0 Å². The van der Waals surface area contributed by atoms with Crippen LogP contribution in [0.15, 0.2) is 30.3 Å². The monoisotopic (exact) mass is 607 g/mol. The van der Waals surface area contributed by atoms with Crippen molar-refractivity contribution in [3.05, 3.63) is 69.2 Å².